The largest absolute Gasteiger partial charge is 0.494 e. The summed E-state index contributed by atoms with van der Waals surface area (Å²) >= 11 is 0. The van der Waals surface area contributed by atoms with Gasteiger partial charge in [0, 0.05) is 23.6 Å². The number of halogens is 3. The van der Waals surface area contributed by atoms with Gasteiger partial charge in [-0.15, -0.1) is 0 Å². The average Bonchev–Trinajstić information content (AvgIpc) is 2.72. The molecule has 0 atom stereocenters. The van der Waals surface area contributed by atoms with Gasteiger partial charge in [0.1, 0.15) is 17.1 Å². The molecule has 0 saturated carbocycles. The summed E-state index contributed by atoms with van der Waals surface area (Å²) < 4.78 is 46.1. The van der Waals surface area contributed by atoms with E-state index in [0.717, 1.165) is 18.2 Å². The molecule has 2 N–H and O–H groups in total. The summed E-state index contributed by atoms with van der Waals surface area (Å²) in [4.78, 5) is 7.94. The molecular formula is C23H25F3N4O. The molecule has 31 heavy (non-hydrogen) atoms. The van der Waals surface area contributed by atoms with Crippen LogP contribution >= 0.6 is 0 Å². The third kappa shape index (κ3) is 6.10. The third-order valence-corrected chi connectivity index (χ3v) is 4.50. The molecule has 1 aromatic heterocycles. The number of rotatable bonds is 8. The zero-order chi connectivity index (χ0) is 22.4. The van der Waals surface area contributed by atoms with Gasteiger partial charge >= 0.3 is 6.18 Å². The van der Waals surface area contributed by atoms with Crippen LogP contribution in [0.5, 0.6) is 5.75 Å². The number of hydrogen-bond acceptors (Lipinski definition) is 5. The van der Waals surface area contributed by atoms with Crippen LogP contribution in [0.25, 0.3) is 0 Å². The maximum Gasteiger partial charge on any atom is 0.421 e. The molecule has 0 radical (unpaired) electrons. The Morgan fingerprint density at radius 1 is 1.00 bits per heavy atom. The summed E-state index contributed by atoms with van der Waals surface area (Å²) in [5.41, 5.74) is 1.33. The molecular weight excluding hydrogens is 405 g/mol. The van der Waals surface area contributed by atoms with Gasteiger partial charge in [-0.25, -0.2) is 4.98 Å². The van der Waals surface area contributed by atoms with Crippen LogP contribution in [-0.2, 0) is 6.18 Å². The van der Waals surface area contributed by atoms with Gasteiger partial charge in [-0.1, -0.05) is 39.0 Å². The number of nitrogens with one attached hydrogen (secondary N) is 2. The minimum atomic E-state index is -4.60. The molecule has 0 fully saturated rings. The fourth-order valence-electron chi connectivity index (χ4n) is 2.85. The van der Waals surface area contributed by atoms with Crippen molar-refractivity contribution in [3.05, 3.63) is 65.9 Å². The molecule has 0 aliphatic heterocycles. The Bertz CT molecular complexity index is 1000. The van der Waals surface area contributed by atoms with E-state index in [1.54, 1.807) is 24.3 Å². The summed E-state index contributed by atoms with van der Waals surface area (Å²) in [6.45, 7) is 6.67. The van der Waals surface area contributed by atoms with Gasteiger partial charge < -0.3 is 15.4 Å². The summed E-state index contributed by atoms with van der Waals surface area (Å²) in [6, 6.07) is 14.3. The Balaban J connectivity index is 1.87. The number of nitrogens with zero attached hydrogens (tertiary/aromatic N) is 2. The van der Waals surface area contributed by atoms with Gasteiger partial charge in [-0.3, -0.25) is 0 Å². The molecule has 0 amide bonds. The number of ether oxygens (including phenoxy) is 1. The van der Waals surface area contributed by atoms with Crippen molar-refractivity contribution >= 4 is 23.1 Å². The van der Waals surface area contributed by atoms with Gasteiger partial charge in [0.15, 0.2) is 0 Å². The fraction of sp³-hybridized carbons (Fsp3) is 0.304. The normalized spacial score (nSPS) is 11.5. The first-order chi connectivity index (χ1) is 14.8. The van der Waals surface area contributed by atoms with Crippen LogP contribution in [0.2, 0.25) is 0 Å². The minimum Gasteiger partial charge on any atom is -0.494 e. The van der Waals surface area contributed by atoms with E-state index in [1.165, 1.54) is 0 Å². The van der Waals surface area contributed by atoms with E-state index in [2.05, 4.69) is 34.4 Å². The highest BCUT2D eigenvalue weighted by Gasteiger charge is 2.35. The number of aromatic nitrogens is 2. The topological polar surface area (TPSA) is 59.1 Å². The summed E-state index contributed by atoms with van der Waals surface area (Å²) in [5, 5.41) is 5.71. The molecule has 0 aliphatic rings. The molecule has 0 bridgehead atoms. The summed E-state index contributed by atoms with van der Waals surface area (Å²) in [7, 11) is 0. The van der Waals surface area contributed by atoms with E-state index >= 15 is 0 Å². The first kappa shape index (κ1) is 22.4. The van der Waals surface area contributed by atoms with Crippen LogP contribution < -0.4 is 15.4 Å². The predicted molar refractivity (Wildman–Crippen MR) is 116 cm³/mol. The Kier molecular flexibility index (Phi) is 6.99. The number of benzene rings is 2. The van der Waals surface area contributed by atoms with E-state index in [4.69, 9.17) is 4.74 Å². The Morgan fingerprint density at radius 3 is 2.39 bits per heavy atom. The predicted octanol–water partition coefficient (Wildman–Crippen LogP) is 6.89. The third-order valence-electron chi connectivity index (χ3n) is 4.50. The molecule has 0 aliphatic carbocycles. The van der Waals surface area contributed by atoms with Crippen molar-refractivity contribution in [2.75, 3.05) is 17.2 Å². The van der Waals surface area contributed by atoms with Crippen molar-refractivity contribution in [1.82, 2.24) is 9.97 Å². The standard InChI is InChI=1S/C23H25F3N4O/c1-4-12-31-19-7-5-6-18(13-19)28-21-20(23(24,25)26)14-27-22(30-21)29-17-10-8-16(9-11-17)15(2)3/h5-11,13-15H,4,12H2,1-3H3,(H2,27,28,29,30). The van der Waals surface area contributed by atoms with Crippen LogP contribution in [0.3, 0.4) is 0 Å². The van der Waals surface area contributed by atoms with Crippen molar-refractivity contribution in [3.63, 3.8) is 0 Å². The van der Waals surface area contributed by atoms with Crippen molar-refractivity contribution in [1.29, 1.82) is 0 Å². The van der Waals surface area contributed by atoms with Crippen molar-refractivity contribution in [2.45, 2.75) is 39.3 Å². The number of anilines is 4. The first-order valence-electron chi connectivity index (χ1n) is 10.1. The smallest absolute Gasteiger partial charge is 0.421 e. The van der Waals surface area contributed by atoms with Crippen LogP contribution in [0.1, 0.15) is 44.2 Å². The van der Waals surface area contributed by atoms with E-state index < -0.39 is 11.7 Å². The Hall–Kier alpha value is -3.29. The Morgan fingerprint density at radius 2 is 1.74 bits per heavy atom. The van der Waals surface area contributed by atoms with E-state index in [0.29, 0.717) is 29.6 Å². The molecule has 2 aromatic carbocycles. The molecule has 3 aromatic rings. The zero-order valence-electron chi connectivity index (χ0n) is 17.6. The lowest BCUT2D eigenvalue weighted by Crippen LogP contribution is -2.12. The second kappa shape index (κ2) is 9.68. The molecule has 5 nitrogen and oxygen atoms in total. The number of hydrogen-bond donors (Lipinski definition) is 2. The highest BCUT2D eigenvalue weighted by Crippen LogP contribution is 2.35. The highest BCUT2D eigenvalue weighted by atomic mass is 19.4. The molecule has 0 saturated heterocycles. The van der Waals surface area contributed by atoms with Crippen molar-refractivity contribution < 1.29 is 17.9 Å². The number of alkyl halides is 3. The molecule has 0 spiro atoms. The van der Waals surface area contributed by atoms with Crippen LogP contribution in [-0.4, -0.2) is 16.6 Å². The van der Waals surface area contributed by atoms with Gasteiger partial charge in [0.25, 0.3) is 0 Å². The van der Waals surface area contributed by atoms with Crippen molar-refractivity contribution in [2.24, 2.45) is 0 Å². The van der Waals surface area contributed by atoms with Gasteiger partial charge in [-0.2, -0.15) is 18.2 Å². The monoisotopic (exact) mass is 430 g/mol. The maximum absolute atomic E-state index is 13.5. The van der Waals surface area contributed by atoms with E-state index in [1.807, 2.05) is 31.2 Å². The van der Waals surface area contributed by atoms with Gasteiger partial charge in [-0.05, 0) is 42.2 Å². The van der Waals surface area contributed by atoms with Gasteiger partial charge in [0.2, 0.25) is 5.95 Å². The molecule has 164 valence electrons. The highest BCUT2D eigenvalue weighted by molar-refractivity contribution is 5.64. The van der Waals surface area contributed by atoms with Crippen LogP contribution in [0, 0.1) is 0 Å². The fourth-order valence-corrected chi connectivity index (χ4v) is 2.85. The zero-order valence-corrected chi connectivity index (χ0v) is 17.6. The molecule has 8 heteroatoms. The van der Waals surface area contributed by atoms with Crippen LogP contribution in [0.15, 0.2) is 54.7 Å². The van der Waals surface area contributed by atoms with Crippen molar-refractivity contribution in [3.8, 4) is 5.75 Å². The van der Waals surface area contributed by atoms with Crippen LogP contribution in [0.4, 0.5) is 36.3 Å². The minimum absolute atomic E-state index is 0.0613. The van der Waals surface area contributed by atoms with Gasteiger partial charge in [0.05, 0.1) is 6.61 Å². The summed E-state index contributed by atoms with van der Waals surface area (Å²) in [5.74, 6) is 0.671. The Labute approximate surface area is 179 Å². The van der Waals surface area contributed by atoms with E-state index in [9.17, 15) is 13.2 Å². The lowest BCUT2D eigenvalue weighted by Gasteiger charge is -2.15. The second-order valence-electron chi connectivity index (χ2n) is 7.36. The maximum atomic E-state index is 13.5. The average molecular weight is 430 g/mol. The molecule has 3 rings (SSSR count). The lowest BCUT2D eigenvalue weighted by molar-refractivity contribution is -0.137. The lowest BCUT2D eigenvalue weighted by atomic mass is 10.0. The van der Waals surface area contributed by atoms with E-state index in [-0.39, 0.29) is 11.8 Å². The quantitative estimate of drug-likeness (QED) is 0.407. The second-order valence-corrected chi connectivity index (χ2v) is 7.36. The summed E-state index contributed by atoms with van der Waals surface area (Å²) in [6.07, 6.45) is -3.00. The molecule has 1 heterocycles. The first-order valence-corrected chi connectivity index (χ1v) is 10.1. The molecule has 0 unspecified atom stereocenters. The SMILES string of the molecule is CCCOc1cccc(Nc2nc(Nc3ccc(C(C)C)cc3)ncc2C(F)(F)F)c1.